The lowest BCUT2D eigenvalue weighted by molar-refractivity contribution is -0.128. The monoisotopic (exact) mass is 218 g/mol. The summed E-state index contributed by atoms with van der Waals surface area (Å²) < 4.78 is 0. The van der Waals surface area contributed by atoms with Crippen molar-refractivity contribution in [3.63, 3.8) is 0 Å². The third-order valence-corrected chi connectivity index (χ3v) is 1.82. The van der Waals surface area contributed by atoms with Crippen LogP contribution in [-0.4, -0.2) is 29.2 Å². The summed E-state index contributed by atoms with van der Waals surface area (Å²) in [5.41, 5.74) is 0. The molecule has 0 aromatic heterocycles. The number of carbonyl (C=O) groups excluding carboxylic acids is 1. The maximum Gasteiger partial charge on any atom is 0.233 e. The molecule has 4 heteroatoms. The number of hydrogen-bond acceptors (Lipinski definition) is 2. The molecule has 0 aliphatic carbocycles. The molecule has 62 valence electrons. The SMILES string of the molecule is CCN(CCC#N)C(=O)CBr. The standard InChI is InChI=1S/C7H11BrN2O/c1-2-10(5-3-4-9)7(11)6-8/h2-3,5-6H2,1H3. The average Bonchev–Trinajstić information content (AvgIpc) is 2.05. The second-order valence-electron chi connectivity index (χ2n) is 2.02. The van der Waals surface area contributed by atoms with E-state index in [1.165, 1.54) is 0 Å². The van der Waals surface area contributed by atoms with E-state index in [0.29, 0.717) is 24.8 Å². The Morgan fingerprint density at radius 2 is 2.36 bits per heavy atom. The van der Waals surface area contributed by atoms with Crippen LogP contribution in [0.4, 0.5) is 0 Å². The van der Waals surface area contributed by atoms with E-state index in [1.807, 2.05) is 13.0 Å². The van der Waals surface area contributed by atoms with Gasteiger partial charge in [-0.2, -0.15) is 5.26 Å². The summed E-state index contributed by atoms with van der Waals surface area (Å²) in [4.78, 5) is 12.7. The van der Waals surface area contributed by atoms with Crippen LogP contribution in [0.5, 0.6) is 0 Å². The molecule has 0 spiro atoms. The third kappa shape index (κ3) is 3.99. The maximum absolute atomic E-state index is 11.0. The summed E-state index contributed by atoms with van der Waals surface area (Å²) in [5, 5.41) is 8.61. The number of hydrogen-bond donors (Lipinski definition) is 0. The molecule has 0 aromatic carbocycles. The molecule has 0 heterocycles. The van der Waals surface area contributed by atoms with Gasteiger partial charge in [-0.15, -0.1) is 0 Å². The van der Waals surface area contributed by atoms with E-state index in [-0.39, 0.29) is 5.91 Å². The summed E-state index contributed by atoms with van der Waals surface area (Å²) in [6, 6.07) is 2.00. The van der Waals surface area contributed by atoms with Gasteiger partial charge in [-0.25, -0.2) is 0 Å². The molecule has 0 unspecified atom stereocenters. The lowest BCUT2D eigenvalue weighted by Crippen LogP contribution is -2.32. The van der Waals surface area contributed by atoms with Crippen LogP contribution in [0.25, 0.3) is 0 Å². The van der Waals surface area contributed by atoms with Gasteiger partial charge in [0.2, 0.25) is 5.91 Å². The molecule has 0 saturated carbocycles. The summed E-state index contributed by atoms with van der Waals surface area (Å²) in [6.07, 6.45) is 0.409. The zero-order valence-corrected chi connectivity index (χ0v) is 8.10. The van der Waals surface area contributed by atoms with Crippen LogP contribution in [0.1, 0.15) is 13.3 Å². The van der Waals surface area contributed by atoms with Crippen LogP contribution >= 0.6 is 15.9 Å². The molecule has 0 N–H and O–H groups in total. The van der Waals surface area contributed by atoms with Crippen molar-refractivity contribution < 1.29 is 4.79 Å². The van der Waals surface area contributed by atoms with Gasteiger partial charge in [0.15, 0.2) is 0 Å². The molecule has 0 atom stereocenters. The molecule has 0 aliphatic rings. The van der Waals surface area contributed by atoms with Gasteiger partial charge in [0, 0.05) is 13.1 Å². The topological polar surface area (TPSA) is 44.1 Å². The minimum absolute atomic E-state index is 0.0442. The van der Waals surface area contributed by atoms with Crippen molar-refractivity contribution in [1.29, 1.82) is 5.26 Å². The molecular formula is C7H11BrN2O. The first kappa shape index (κ1) is 10.4. The van der Waals surface area contributed by atoms with Crippen LogP contribution in [0.2, 0.25) is 0 Å². The third-order valence-electron chi connectivity index (χ3n) is 1.34. The number of halogens is 1. The van der Waals surface area contributed by atoms with E-state index in [2.05, 4.69) is 15.9 Å². The van der Waals surface area contributed by atoms with Crippen LogP contribution in [0.15, 0.2) is 0 Å². The zero-order valence-electron chi connectivity index (χ0n) is 6.51. The second-order valence-corrected chi connectivity index (χ2v) is 2.58. The van der Waals surface area contributed by atoms with Crippen molar-refractivity contribution in [2.24, 2.45) is 0 Å². The number of alkyl halides is 1. The first-order valence-electron chi connectivity index (χ1n) is 3.47. The van der Waals surface area contributed by atoms with Gasteiger partial charge < -0.3 is 4.90 Å². The smallest absolute Gasteiger partial charge is 0.233 e. The van der Waals surface area contributed by atoms with Crippen molar-refractivity contribution in [2.45, 2.75) is 13.3 Å². The lowest BCUT2D eigenvalue weighted by atomic mass is 10.4. The van der Waals surface area contributed by atoms with E-state index < -0.39 is 0 Å². The van der Waals surface area contributed by atoms with Gasteiger partial charge in [-0.05, 0) is 6.92 Å². The van der Waals surface area contributed by atoms with E-state index >= 15 is 0 Å². The fourth-order valence-corrected chi connectivity index (χ4v) is 1.08. The molecule has 3 nitrogen and oxygen atoms in total. The van der Waals surface area contributed by atoms with Gasteiger partial charge in [0.25, 0.3) is 0 Å². The summed E-state index contributed by atoms with van der Waals surface area (Å²) in [6.45, 7) is 3.11. The summed E-state index contributed by atoms with van der Waals surface area (Å²) >= 11 is 3.07. The quantitative estimate of drug-likeness (QED) is 0.665. The Hall–Kier alpha value is -0.560. The number of nitriles is 1. The van der Waals surface area contributed by atoms with Crippen molar-refractivity contribution in [3.05, 3.63) is 0 Å². The molecule has 0 radical (unpaired) electrons. The highest BCUT2D eigenvalue weighted by Gasteiger charge is 2.07. The Morgan fingerprint density at radius 3 is 2.73 bits per heavy atom. The van der Waals surface area contributed by atoms with Crippen LogP contribution in [0, 0.1) is 11.3 Å². The lowest BCUT2D eigenvalue weighted by Gasteiger charge is -2.17. The minimum Gasteiger partial charge on any atom is -0.341 e. The highest BCUT2D eigenvalue weighted by molar-refractivity contribution is 9.09. The fraction of sp³-hybridized carbons (Fsp3) is 0.714. The van der Waals surface area contributed by atoms with E-state index in [9.17, 15) is 4.79 Å². The largest absolute Gasteiger partial charge is 0.341 e. The molecule has 0 aromatic rings. The zero-order chi connectivity index (χ0) is 8.69. The van der Waals surface area contributed by atoms with Crippen molar-refractivity contribution in [2.75, 3.05) is 18.4 Å². The maximum atomic E-state index is 11.0. The normalized spacial score (nSPS) is 8.82. The van der Waals surface area contributed by atoms with Gasteiger partial charge >= 0.3 is 0 Å². The summed E-state index contributed by atoms with van der Waals surface area (Å²) in [5.74, 6) is 0.0442. The average molecular weight is 219 g/mol. The highest BCUT2D eigenvalue weighted by Crippen LogP contribution is 1.94. The predicted molar refractivity (Wildman–Crippen MR) is 46.3 cm³/mol. The Balaban J connectivity index is 3.77. The number of rotatable bonds is 4. The van der Waals surface area contributed by atoms with Crippen molar-refractivity contribution >= 4 is 21.8 Å². The Morgan fingerprint density at radius 1 is 1.73 bits per heavy atom. The van der Waals surface area contributed by atoms with E-state index in [0.717, 1.165) is 0 Å². The molecular weight excluding hydrogens is 208 g/mol. The second kappa shape index (κ2) is 6.17. The van der Waals surface area contributed by atoms with Gasteiger partial charge in [-0.3, -0.25) is 4.79 Å². The molecule has 0 fully saturated rings. The molecule has 1 amide bonds. The van der Waals surface area contributed by atoms with Gasteiger partial charge in [0.05, 0.1) is 17.8 Å². The predicted octanol–water partition coefficient (Wildman–Crippen LogP) is 1.14. The Bertz CT molecular complexity index is 164. The van der Waals surface area contributed by atoms with Gasteiger partial charge in [-0.1, -0.05) is 15.9 Å². The van der Waals surface area contributed by atoms with Crippen LogP contribution < -0.4 is 0 Å². The Kier molecular flexibility index (Phi) is 5.86. The number of carbonyl (C=O) groups is 1. The van der Waals surface area contributed by atoms with Crippen molar-refractivity contribution in [1.82, 2.24) is 4.90 Å². The molecule has 0 saturated heterocycles. The minimum atomic E-state index is 0.0442. The number of amides is 1. The Labute approximate surface area is 75.1 Å². The van der Waals surface area contributed by atoms with Crippen LogP contribution in [-0.2, 0) is 4.79 Å². The summed E-state index contributed by atoms with van der Waals surface area (Å²) in [7, 11) is 0. The molecule has 0 bridgehead atoms. The fourth-order valence-electron chi connectivity index (χ4n) is 0.729. The first-order valence-corrected chi connectivity index (χ1v) is 4.59. The van der Waals surface area contributed by atoms with E-state index in [1.54, 1.807) is 4.90 Å². The number of nitrogens with zero attached hydrogens (tertiary/aromatic N) is 2. The first-order chi connectivity index (χ1) is 5.26. The molecule has 11 heavy (non-hydrogen) atoms. The highest BCUT2D eigenvalue weighted by atomic mass is 79.9. The molecule has 0 aliphatic heterocycles. The van der Waals surface area contributed by atoms with E-state index in [4.69, 9.17) is 5.26 Å². The van der Waals surface area contributed by atoms with Crippen molar-refractivity contribution in [3.8, 4) is 6.07 Å². The molecule has 0 rings (SSSR count). The van der Waals surface area contributed by atoms with Crippen LogP contribution in [0.3, 0.4) is 0 Å². The van der Waals surface area contributed by atoms with Gasteiger partial charge in [0.1, 0.15) is 0 Å².